The van der Waals surface area contributed by atoms with E-state index in [2.05, 4.69) is 48.5 Å². The largest absolute Gasteiger partial charge is 0.511 e. The van der Waals surface area contributed by atoms with Crippen LogP contribution in [0.2, 0.25) is 0 Å². The Morgan fingerprint density at radius 2 is 1.58 bits per heavy atom. The van der Waals surface area contributed by atoms with Crippen LogP contribution in [-0.2, 0) is 22.4 Å². The molecule has 3 aliphatic rings. The minimum Gasteiger partial charge on any atom is -0.511 e. The number of carbonyl (C=O) groups excluding carboxylic acids is 3. The topological polar surface area (TPSA) is 132 Å². The van der Waals surface area contributed by atoms with Gasteiger partial charge in [-0.3, -0.25) is 14.4 Å². The number of carbonyl (C=O) groups is 3. The van der Waals surface area contributed by atoms with Crippen molar-refractivity contribution >= 4 is 17.3 Å². The molecule has 0 aliphatic heterocycles. The lowest BCUT2D eigenvalue weighted by Gasteiger charge is -2.59. The maximum atomic E-state index is 14.6. The van der Waals surface area contributed by atoms with E-state index >= 15 is 0 Å². The van der Waals surface area contributed by atoms with Crippen LogP contribution in [0.1, 0.15) is 129 Å². The molecule has 0 heterocycles. The van der Waals surface area contributed by atoms with Gasteiger partial charge in [-0.2, -0.15) is 0 Å². The van der Waals surface area contributed by atoms with Gasteiger partial charge in [-0.15, -0.1) is 0 Å². The Morgan fingerprint density at radius 1 is 1.00 bits per heavy atom. The fraction of sp³-hybridized carbons (Fsp3) is 0.658. The monoisotopic (exact) mass is 622 g/mol. The van der Waals surface area contributed by atoms with Crippen molar-refractivity contribution in [2.75, 3.05) is 0 Å². The highest BCUT2D eigenvalue weighted by Crippen LogP contribution is 2.65. The summed E-state index contributed by atoms with van der Waals surface area (Å²) in [4.78, 5) is 41.2. The summed E-state index contributed by atoms with van der Waals surface area (Å²) in [5.41, 5.74) is -3.11. The van der Waals surface area contributed by atoms with Crippen molar-refractivity contribution in [2.45, 2.75) is 120 Å². The Kier molecular flexibility index (Phi) is 8.62. The van der Waals surface area contributed by atoms with Crippen LogP contribution in [0, 0.1) is 39.9 Å². The van der Waals surface area contributed by atoms with Crippen LogP contribution in [0.4, 0.5) is 0 Å². The second-order valence-corrected chi connectivity index (χ2v) is 16.9. The van der Waals surface area contributed by atoms with Crippen LogP contribution >= 0.6 is 0 Å². The average Bonchev–Trinajstić information content (AvgIpc) is 2.86. The number of ketones is 3. The highest BCUT2D eigenvalue weighted by Gasteiger charge is 2.71. The third-order valence-corrected chi connectivity index (χ3v) is 11.2. The molecule has 0 saturated carbocycles. The lowest BCUT2D eigenvalue weighted by Crippen LogP contribution is -2.67. The van der Waals surface area contributed by atoms with Gasteiger partial charge in [0, 0.05) is 22.3 Å². The summed E-state index contributed by atoms with van der Waals surface area (Å²) in [6.45, 7) is 23.4. The number of hydrogen-bond donors (Lipinski definition) is 4. The van der Waals surface area contributed by atoms with Crippen LogP contribution in [0.5, 0.6) is 5.75 Å². The number of benzene rings is 1. The van der Waals surface area contributed by atoms with Gasteiger partial charge in [0.1, 0.15) is 22.8 Å². The van der Waals surface area contributed by atoms with E-state index < -0.39 is 51.0 Å². The smallest absolute Gasteiger partial charge is 0.209 e. The van der Waals surface area contributed by atoms with Crippen molar-refractivity contribution in [3.63, 3.8) is 0 Å². The summed E-state index contributed by atoms with van der Waals surface area (Å²) < 4.78 is 0. The van der Waals surface area contributed by atoms with E-state index in [0.717, 1.165) is 18.9 Å². The third-order valence-electron chi connectivity index (χ3n) is 11.2. The maximum absolute atomic E-state index is 14.6. The molecule has 0 spiro atoms. The summed E-state index contributed by atoms with van der Waals surface area (Å²) in [5.74, 6) is -4.23. The molecule has 6 atom stereocenters. The van der Waals surface area contributed by atoms with E-state index in [-0.39, 0.29) is 52.2 Å². The molecule has 4 rings (SSSR count). The zero-order chi connectivity index (χ0) is 34.4. The number of phenols is 1. The second kappa shape index (κ2) is 11.1. The molecule has 1 aromatic carbocycles. The van der Waals surface area contributed by atoms with Crippen molar-refractivity contribution in [1.82, 2.24) is 0 Å². The van der Waals surface area contributed by atoms with Gasteiger partial charge in [-0.05, 0) is 78.4 Å². The molecule has 7 heteroatoms. The number of rotatable bonds is 7. The van der Waals surface area contributed by atoms with E-state index in [1.165, 1.54) is 0 Å². The first-order valence-electron chi connectivity index (χ1n) is 16.5. The molecule has 0 amide bonds. The highest BCUT2D eigenvalue weighted by atomic mass is 16.3. The lowest BCUT2D eigenvalue weighted by atomic mass is 9.44. The second-order valence-electron chi connectivity index (χ2n) is 16.9. The van der Waals surface area contributed by atoms with Crippen LogP contribution in [0.15, 0.2) is 28.7 Å². The first-order valence-corrected chi connectivity index (χ1v) is 16.5. The quantitative estimate of drug-likeness (QED) is 0.229. The number of Topliss-reactive ketones (excluding diaryl/α,β-unsaturated/α-hetero) is 3. The Bertz CT molecular complexity index is 1520. The zero-order valence-corrected chi connectivity index (χ0v) is 29.3. The van der Waals surface area contributed by atoms with Gasteiger partial charge >= 0.3 is 0 Å². The zero-order valence-electron chi connectivity index (χ0n) is 29.3. The van der Waals surface area contributed by atoms with E-state index in [0.29, 0.717) is 29.9 Å². The number of aliphatic hydroxyl groups is 3. The molecule has 45 heavy (non-hydrogen) atoms. The van der Waals surface area contributed by atoms with Crippen molar-refractivity contribution < 1.29 is 34.8 Å². The van der Waals surface area contributed by atoms with Gasteiger partial charge < -0.3 is 20.4 Å². The molecular weight excluding hydrogens is 568 g/mol. The fourth-order valence-electron chi connectivity index (χ4n) is 9.27. The fourth-order valence-corrected chi connectivity index (χ4v) is 9.27. The Morgan fingerprint density at radius 3 is 2.07 bits per heavy atom. The van der Waals surface area contributed by atoms with Crippen LogP contribution in [-0.4, -0.2) is 43.4 Å². The molecule has 7 nitrogen and oxygen atoms in total. The summed E-state index contributed by atoms with van der Waals surface area (Å²) >= 11 is 0. The molecule has 0 radical (unpaired) electrons. The number of fused-ring (bicyclic) bond motifs is 3. The van der Waals surface area contributed by atoms with Crippen LogP contribution < -0.4 is 0 Å². The normalized spacial score (nSPS) is 30.0. The first-order chi connectivity index (χ1) is 20.4. The molecule has 0 aromatic heterocycles. The maximum Gasteiger partial charge on any atom is 0.209 e. The van der Waals surface area contributed by atoms with Crippen molar-refractivity contribution in [3.05, 3.63) is 51.0 Å². The van der Waals surface area contributed by atoms with Gasteiger partial charge in [0.2, 0.25) is 5.78 Å². The predicted molar refractivity (Wildman–Crippen MR) is 175 cm³/mol. The summed E-state index contributed by atoms with van der Waals surface area (Å²) in [6, 6.07) is 2.03. The Labute approximate surface area is 268 Å². The van der Waals surface area contributed by atoms with Crippen molar-refractivity contribution in [3.8, 4) is 5.75 Å². The molecule has 0 saturated heterocycles. The Balaban J connectivity index is 1.97. The number of allylic oxidation sites excluding steroid dienone is 2. The third kappa shape index (κ3) is 5.17. The van der Waals surface area contributed by atoms with E-state index in [4.69, 9.17) is 0 Å². The van der Waals surface area contributed by atoms with Crippen LogP contribution in [0.25, 0.3) is 0 Å². The molecule has 4 N–H and O–H groups in total. The van der Waals surface area contributed by atoms with Gasteiger partial charge in [0.25, 0.3) is 0 Å². The van der Waals surface area contributed by atoms with Gasteiger partial charge in [0.15, 0.2) is 17.2 Å². The van der Waals surface area contributed by atoms with Gasteiger partial charge in [0.05, 0.1) is 5.56 Å². The highest BCUT2D eigenvalue weighted by molar-refractivity contribution is 6.25. The average molecular weight is 623 g/mol. The molecule has 0 fully saturated rings. The van der Waals surface area contributed by atoms with Gasteiger partial charge in [-0.25, -0.2) is 0 Å². The molecule has 248 valence electrons. The Hall–Kier alpha value is -2.93. The summed E-state index contributed by atoms with van der Waals surface area (Å²) in [6.07, 6.45) is 1.95. The SMILES string of the molecule is CC(=O)C1=C(O)C(C(C)C)[C@@]2(C)C[C@@]3(C)Cc4c(C(C)C)cc(CC(C)C(C)CC(C)(C)C)c(O)c4C(=O)C3=C(O)[C@@]2(O)C1=O. The predicted octanol–water partition coefficient (Wildman–Crippen LogP) is 7.72. The van der Waals surface area contributed by atoms with Crippen LogP contribution in [0.3, 0.4) is 0 Å². The number of aromatic hydroxyl groups is 1. The van der Waals surface area contributed by atoms with E-state index in [1.54, 1.807) is 6.92 Å². The minimum atomic E-state index is -2.61. The lowest BCUT2D eigenvalue weighted by molar-refractivity contribution is -0.171. The molecule has 0 bridgehead atoms. The number of phenolic OH excluding ortho intramolecular Hbond substituents is 1. The first kappa shape index (κ1) is 34.9. The summed E-state index contributed by atoms with van der Waals surface area (Å²) in [7, 11) is 0. The van der Waals surface area contributed by atoms with Crippen molar-refractivity contribution in [2.24, 2.45) is 39.9 Å². The van der Waals surface area contributed by atoms with Gasteiger partial charge in [-0.1, -0.05) is 82.2 Å². The molecule has 3 aliphatic carbocycles. The standard InChI is InChI=1S/C38H54O7/c1-18(2)24-14-23(13-20(5)21(6)15-35(8,9)10)30(40)27-25(24)16-36(11)17-37(12)28(19(3)4)31(41)26(22(7)39)33(43)38(37,45)34(44)29(36)32(27)42/h14,18-21,28,40-41,44-45H,13,15-17H2,1-12H3/t20?,21?,28?,36-,37-,38+/m1/s1. The molecule has 1 aromatic rings. The van der Waals surface area contributed by atoms with Crippen molar-refractivity contribution in [1.29, 1.82) is 0 Å². The molecule has 3 unspecified atom stereocenters. The number of hydrogen-bond acceptors (Lipinski definition) is 7. The minimum absolute atomic E-state index is 0.0387. The van der Waals surface area contributed by atoms with E-state index in [9.17, 15) is 34.8 Å². The van der Waals surface area contributed by atoms with E-state index in [1.807, 2.05) is 26.8 Å². The number of aliphatic hydroxyl groups excluding tert-OH is 2. The summed E-state index contributed by atoms with van der Waals surface area (Å²) in [5, 5.41) is 47.4. The molecular formula is C38H54O7.